The Morgan fingerprint density at radius 1 is 1.33 bits per heavy atom. The van der Waals surface area contributed by atoms with Gasteiger partial charge in [0.15, 0.2) is 5.11 Å². The molecule has 110 valence electrons. The third kappa shape index (κ3) is 4.57. The molecule has 2 aromatic rings. The molecule has 0 radical (unpaired) electrons. The van der Waals surface area contributed by atoms with Gasteiger partial charge in [-0.2, -0.15) is 0 Å². The van der Waals surface area contributed by atoms with E-state index < -0.39 is 0 Å². The molecule has 1 aromatic carbocycles. The van der Waals surface area contributed by atoms with Crippen molar-refractivity contribution in [2.75, 3.05) is 5.32 Å². The second-order valence-electron chi connectivity index (χ2n) is 4.46. The van der Waals surface area contributed by atoms with Crippen LogP contribution in [0, 0.1) is 6.92 Å². The second kappa shape index (κ2) is 7.24. The zero-order valence-electron chi connectivity index (χ0n) is 11.8. The lowest BCUT2D eigenvalue weighted by Crippen LogP contribution is -2.35. The average Bonchev–Trinajstić information content (AvgIpc) is 2.88. The lowest BCUT2D eigenvalue weighted by Gasteiger charge is -2.08. The van der Waals surface area contributed by atoms with Crippen LogP contribution in [0.15, 0.2) is 24.3 Å². The molecule has 0 saturated heterocycles. The standard InChI is InChI=1S/C14H16N4OS2/c1-3-12-17-18-14(21-12)16-13(20)15-11(19)8-10-7-5-4-6-9(10)2/h4-7H,3,8H2,1-2H3,(H2,15,16,18,19,20). The Morgan fingerprint density at radius 2 is 2.10 bits per heavy atom. The number of hydrogen-bond acceptors (Lipinski definition) is 5. The van der Waals surface area contributed by atoms with Gasteiger partial charge < -0.3 is 10.6 Å². The summed E-state index contributed by atoms with van der Waals surface area (Å²) in [5.41, 5.74) is 2.07. The lowest BCUT2D eigenvalue weighted by atomic mass is 10.1. The number of amides is 1. The monoisotopic (exact) mass is 320 g/mol. The minimum atomic E-state index is -0.151. The highest BCUT2D eigenvalue weighted by Crippen LogP contribution is 2.15. The van der Waals surface area contributed by atoms with Crippen LogP contribution in [-0.4, -0.2) is 21.2 Å². The molecule has 5 nitrogen and oxygen atoms in total. The Balaban J connectivity index is 1.87. The molecule has 0 unspecified atom stereocenters. The summed E-state index contributed by atoms with van der Waals surface area (Å²) in [6.07, 6.45) is 1.12. The number of rotatable bonds is 4. The third-order valence-electron chi connectivity index (χ3n) is 2.85. The van der Waals surface area contributed by atoms with Crippen molar-refractivity contribution in [1.29, 1.82) is 0 Å². The van der Waals surface area contributed by atoms with E-state index in [0.29, 0.717) is 11.6 Å². The van der Waals surface area contributed by atoms with E-state index in [9.17, 15) is 4.79 Å². The highest BCUT2D eigenvalue weighted by atomic mass is 32.1. The molecule has 0 fully saturated rings. The van der Waals surface area contributed by atoms with Gasteiger partial charge in [-0.25, -0.2) is 0 Å². The summed E-state index contributed by atoms with van der Waals surface area (Å²) in [6.45, 7) is 3.99. The molecule has 0 saturated carbocycles. The van der Waals surface area contributed by atoms with E-state index in [1.807, 2.05) is 38.1 Å². The number of benzene rings is 1. The first-order chi connectivity index (χ1) is 10.1. The van der Waals surface area contributed by atoms with Gasteiger partial charge in [-0.15, -0.1) is 10.2 Å². The zero-order chi connectivity index (χ0) is 15.2. The average molecular weight is 320 g/mol. The fraction of sp³-hybridized carbons (Fsp3) is 0.286. The lowest BCUT2D eigenvalue weighted by molar-refractivity contribution is -0.119. The fourth-order valence-corrected chi connectivity index (χ4v) is 2.69. The van der Waals surface area contributed by atoms with Crippen LogP contribution in [0.25, 0.3) is 0 Å². The maximum Gasteiger partial charge on any atom is 0.230 e. The molecule has 0 aliphatic rings. The normalized spacial score (nSPS) is 10.2. The molecule has 2 rings (SSSR count). The molecule has 0 spiro atoms. The van der Waals surface area contributed by atoms with Gasteiger partial charge in [0.1, 0.15) is 5.01 Å². The van der Waals surface area contributed by atoms with Gasteiger partial charge in [0, 0.05) is 0 Å². The molecule has 1 amide bonds. The first kappa shape index (κ1) is 15.5. The van der Waals surface area contributed by atoms with Crippen molar-refractivity contribution in [1.82, 2.24) is 15.5 Å². The Labute approximate surface area is 132 Å². The minimum Gasteiger partial charge on any atom is -0.307 e. The highest BCUT2D eigenvalue weighted by Gasteiger charge is 2.09. The van der Waals surface area contributed by atoms with Crippen molar-refractivity contribution in [3.05, 3.63) is 40.4 Å². The Bertz CT molecular complexity index is 654. The highest BCUT2D eigenvalue weighted by molar-refractivity contribution is 7.80. The maximum absolute atomic E-state index is 12.0. The van der Waals surface area contributed by atoms with E-state index >= 15 is 0 Å². The third-order valence-corrected chi connectivity index (χ3v) is 4.04. The molecule has 1 heterocycles. The number of nitrogens with one attached hydrogen (secondary N) is 2. The van der Waals surface area contributed by atoms with Gasteiger partial charge in [-0.3, -0.25) is 4.79 Å². The van der Waals surface area contributed by atoms with Crippen molar-refractivity contribution in [3.8, 4) is 0 Å². The van der Waals surface area contributed by atoms with E-state index in [4.69, 9.17) is 12.2 Å². The molecule has 21 heavy (non-hydrogen) atoms. The van der Waals surface area contributed by atoms with Gasteiger partial charge in [-0.1, -0.05) is 42.5 Å². The second-order valence-corrected chi connectivity index (χ2v) is 5.93. The molecular formula is C14H16N4OS2. The van der Waals surface area contributed by atoms with E-state index in [1.54, 1.807) is 0 Å². The predicted octanol–water partition coefficient (Wildman–Crippen LogP) is 2.46. The summed E-state index contributed by atoms with van der Waals surface area (Å²) in [5.74, 6) is -0.151. The number of carbonyl (C=O) groups excluding carboxylic acids is 1. The molecule has 2 N–H and O–H groups in total. The zero-order valence-corrected chi connectivity index (χ0v) is 13.5. The summed E-state index contributed by atoms with van der Waals surface area (Å²) >= 11 is 6.53. The van der Waals surface area contributed by atoms with Crippen LogP contribution in [0.5, 0.6) is 0 Å². The van der Waals surface area contributed by atoms with Crippen molar-refractivity contribution in [2.45, 2.75) is 26.7 Å². The van der Waals surface area contributed by atoms with Crippen molar-refractivity contribution in [2.24, 2.45) is 0 Å². The summed E-state index contributed by atoms with van der Waals surface area (Å²) < 4.78 is 0. The minimum absolute atomic E-state index is 0.151. The van der Waals surface area contributed by atoms with Crippen LogP contribution in [0.1, 0.15) is 23.1 Å². The predicted molar refractivity (Wildman–Crippen MR) is 88.5 cm³/mol. The van der Waals surface area contributed by atoms with Crippen LogP contribution < -0.4 is 10.6 Å². The number of thiocarbonyl (C=S) groups is 1. The molecule has 1 aromatic heterocycles. The summed E-state index contributed by atoms with van der Waals surface area (Å²) in [7, 11) is 0. The number of aromatic nitrogens is 2. The van der Waals surface area contributed by atoms with Gasteiger partial charge in [0.2, 0.25) is 11.0 Å². The molecule has 0 aliphatic carbocycles. The van der Waals surface area contributed by atoms with Gasteiger partial charge in [0.05, 0.1) is 6.42 Å². The van der Waals surface area contributed by atoms with Crippen molar-refractivity contribution in [3.63, 3.8) is 0 Å². The summed E-state index contributed by atoms with van der Waals surface area (Å²) in [6, 6.07) is 7.78. The van der Waals surface area contributed by atoms with Crippen LogP contribution in [0.2, 0.25) is 0 Å². The number of carbonyl (C=O) groups is 1. The van der Waals surface area contributed by atoms with Crippen molar-refractivity contribution < 1.29 is 4.79 Å². The van der Waals surface area contributed by atoms with Gasteiger partial charge in [0.25, 0.3) is 0 Å². The van der Waals surface area contributed by atoms with E-state index in [2.05, 4.69) is 20.8 Å². The number of aryl methyl sites for hydroxylation is 2. The maximum atomic E-state index is 12.0. The largest absolute Gasteiger partial charge is 0.307 e. The van der Waals surface area contributed by atoms with Crippen molar-refractivity contribution >= 4 is 39.7 Å². The summed E-state index contributed by atoms with van der Waals surface area (Å²) in [5, 5.41) is 15.2. The smallest absolute Gasteiger partial charge is 0.230 e. The van der Waals surface area contributed by atoms with E-state index in [0.717, 1.165) is 22.6 Å². The van der Waals surface area contributed by atoms with Gasteiger partial charge in [-0.05, 0) is 36.7 Å². The molecular weight excluding hydrogens is 304 g/mol. The van der Waals surface area contributed by atoms with Crippen LogP contribution in [0.4, 0.5) is 5.13 Å². The first-order valence-corrected chi connectivity index (χ1v) is 7.78. The number of anilines is 1. The Hall–Kier alpha value is -1.86. The molecule has 0 atom stereocenters. The first-order valence-electron chi connectivity index (χ1n) is 6.56. The Morgan fingerprint density at radius 3 is 2.76 bits per heavy atom. The van der Waals surface area contributed by atoms with Crippen LogP contribution in [-0.2, 0) is 17.6 Å². The number of nitrogens with zero attached hydrogens (tertiary/aromatic N) is 2. The fourth-order valence-electron chi connectivity index (χ4n) is 1.73. The quantitative estimate of drug-likeness (QED) is 0.847. The number of hydrogen-bond donors (Lipinski definition) is 2. The Kier molecular flexibility index (Phi) is 5.35. The van der Waals surface area contributed by atoms with Crippen LogP contribution >= 0.6 is 23.6 Å². The topological polar surface area (TPSA) is 66.9 Å². The molecule has 0 bridgehead atoms. The molecule has 0 aliphatic heterocycles. The summed E-state index contributed by atoms with van der Waals surface area (Å²) in [4.78, 5) is 12.0. The van der Waals surface area contributed by atoms with E-state index in [-0.39, 0.29) is 11.0 Å². The van der Waals surface area contributed by atoms with Gasteiger partial charge >= 0.3 is 0 Å². The van der Waals surface area contributed by atoms with E-state index in [1.165, 1.54) is 11.3 Å². The SMILES string of the molecule is CCc1nnc(NC(=S)NC(=O)Cc2ccccc2C)s1. The molecule has 7 heteroatoms. The van der Waals surface area contributed by atoms with Crippen LogP contribution in [0.3, 0.4) is 0 Å².